The number of para-hydroxylation sites is 1. The van der Waals surface area contributed by atoms with Crippen molar-refractivity contribution in [2.75, 3.05) is 7.11 Å². The van der Waals surface area contributed by atoms with Gasteiger partial charge in [0.2, 0.25) is 0 Å². The van der Waals surface area contributed by atoms with Gasteiger partial charge in [-0.25, -0.2) is 0 Å². The zero-order valence-corrected chi connectivity index (χ0v) is 14.5. The molecule has 2 rings (SSSR count). The Kier molecular flexibility index (Phi) is 5.42. The summed E-state index contributed by atoms with van der Waals surface area (Å²) in [4.78, 5) is 11.7. The van der Waals surface area contributed by atoms with E-state index in [0.29, 0.717) is 5.56 Å². The lowest BCUT2D eigenvalue weighted by Gasteiger charge is -2.17. The Morgan fingerprint density at radius 1 is 1.10 bits per heavy atom. The molecular formula is C16H14Br2O3. The molecule has 2 aromatic carbocycles. The molecule has 0 radical (unpaired) electrons. The van der Waals surface area contributed by atoms with Crippen molar-refractivity contribution in [1.29, 1.82) is 0 Å². The number of phenols is 1. The predicted molar refractivity (Wildman–Crippen MR) is 89.8 cm³/mol. The Hall–Kier alpha value is -1.33. The topological polar surface area (TPSA) is 46.5 Å². The third kappa shape index (κ3) is 3.66. The minimum absolute atomic E-state index is 0.0126. The summed E-state index contributed by atoms with van der Waals surface area (Å²) in [5.41, 5.74) is 1.25. The highest BCUT2D eigenvalue weighted by Gasteiger charge is 2.27. The number of halogens is 2. The maximum atomic E-state index is 12.4. The fourth-order valence-electron chi connectivity index (χ4n) is 1.92. The minimum atomic E-state index is -0.487. The summed E-state index contributed by atoms with van der Waals surface area (Å²) in [6.45, 7) is 0. The van der Waals surface area contributed by atoms with Crippen LogP contribution in [-0.4, -0.2) is 22.8 Å². The van der Waals surface area contributed by atoms with Crippen molar-refractivity contribution in [2.24, 2.45) is 0 Å². The van der Waals surface area contributed by atoms with Gasteiger partial charge in [-0.3, -0.25) is 4.79 Å². The van der Waals surface area contributed by atoms with Crippen LogP contribution in [0.4, 0.5) is 0 Å². The van der Waals surface area contributed by atoms with Crippen molar-refractivity contribution in [3.8, 4) is 11.5 Å². The lowest BCUT2D eigenvalue weighted by atomic mass is 10.0. The number of ether oxygens (including phenoxy) is 1. The van der Waals surface area contributed by atoms with E-state index in [4.69, 9.17) is 4.74 Å². The number of hydrogen-bond acceptors (Lipinski definition) is 3. The van der Waals surface area contributed by atoms with Gasteiger partial charge < -0.3 is 9.84 Å². The van der Waals surface area contributed by atoms with E-state index in [1.54, 1.807) is 25.3 Å². The smallest absolute Gasteiger partial charge is 0.181 e. The molecule has 0 heterocycles. The van der Waals surface area contributed by atoms with Gasteiger partial charge in [0.15, 0.2) is 5.78 Å². The van der Waals surface area contributed by atoms with E-state index < -0.39 is 4.83 Å². The number of methoxy groups -OCH3 is 1. The van der Waals surface area contributed by atoms with Crippen molar-refractivity contribution in [3.05, 3.63) is 59.7 Å². The van der Waals surface area contributed by atoms with Gasteiger partial charge in [0.05, 0.1) is 22.3 Å². The first-order valence-corrected chi connectivity index (χ1v) is 8.12. The van der Waals surface area contributed by atoms with Crippen LogP contribution < -0.4 is 4.74 Å². The van der Waals surface area contributed by atoms with E-state index in [-0.39, 0.29) is 16.4 Å². The third-order valence-electron chi connectivity index (χ3n) is 3.11. The number of carbonyl (C=O) groups is 1. The average molecular weight is 414 g/mol. The maximum absolute atomic E-state index is 12.4. The zero-order chi connectivity index (χ0) is 15.4. The van der Waals surface area contributed by atoms with Gasteiger partial charge in [-0.15, -0.1) is 0 Å². The van der Waals surface area contributed by atoms with Crippen LogP contribution in [0.1, 0.15) is 20.7 Å². The number of aromatic hydroxyl groups is 1. The van der Waals surface area contributed by atoms with Crippen LogP contribution in [0.15, 0.2) is 48.5 Å². The quantitative estimate of drug-likeness (QED) is 0.580. The molecule has 2 aromatic rings. The Morgan fingerprint density at radius 3 is 2.29 bits per heavy atom. The van der Waals surface area contributed by atoms with E-state index in [2.05, 4.69) is 31.9 Å². The normalized spacial score (nSPS) is 13.5. The molecule has 2 atom stereocenters. The number of benzene rings is 2. The van der Waals surface area contributed by atoms with Gasteiger partial charge in [-0.2, -0.15) is 0 Å². The van der Waals surface area contributed by atoms with E-state index in [9.17, 15) is 9.90 Å². The van der Waals surface area contributed by atoms with E-state index in [1.807, 2.05) is 24.3 Å². The Bertz CT molecular complexity index is 626. The molecule has 0 fully saturated rings. The van der Waals surface area contributed by atoms with Gasteiger partial charge in [-0.1, -0.05) is 56.1 Å². The number of carbonyl (C=O) groups excluding carboxylic acids is 1. The fraction of sp³-hybridized carbons (Fsp3) is 0.188. The van der Waals surface area contributed by atoms with Crippen LogP contribution in [0.3, 0.4) is 0 Å². The summed E-state index contributed by atoms with van der Waals surface area (Å²) >= 11 is 6.94. The highest BCUT2D eigenvalue weighted by atomic mass is 79.9. The standard InChI is InChI=1S/C16H14Br2O3/c1-21-11-8-6-10(7-9-11)14(17)15(18)16(20)12-4-2-3-5-13(12)19/h2-9,14-15,19H,1H3/t14-,15-/m0/s1. The van der Waals surface area contributed by atoms with Gasteiger partial charge in [0.25, 0.3) is 0 Å². The van der Waals surface area contributed by atoms with Gasteiger partial charge in [0.1, 0.15) is 11.5 Å². The Morgan fingerprint density at radius 2 is 1.71 bits per heavy atom. The van der Waals surface area contributed by atoms with Crippen molar-refractivity contribution in [1.82, 2.24) is 0 Å². The molecule has 3 nitrogen and oxygen atoms in total. The van der Waals surface area contributed by atoms with E-state index in [1.165, 1.54) is 6.07 Å². The lowest BCUT2D eigenvalue weighted by Crippen LogP contribution is -2.19. The van der Waals surface area contributed by atoms with Crippen LogP contribution in [-0.2, 0) is 0 Å². The second-order valence-electron chi connectivity index (χ2n) is 4.46. The molecule has 21 heavy (non-hydrogen) atoms. The van der Waals surface area contributed by atoms with Crippen molar-refractivity contribution in [2.45, 2.75) is 9.65 Å². The molecule has 1 N–H and O–H groups in total. The molecule has 0 saturated heterocycles. The molecule has 5 heteroatoms. The highest BCUT2D eigenvalue weighted by molar-refractivity contribution is 9.12. The molecule has 0 bridgehead atoms. The average Bonchev–Trinajstić information content (AvgIpc) is 2.53. The van der Waals surface area contributed by atoms with Gasteiger partial charge >= 0.3 is 0 Å². The van der Waals surface area contributed by atoms with Crippen molar-refractivity contribution >= 4 is 37.6 Å². The third-order valence-corrected chi connectivity index (χ3v) is 5.82. The molecule has 0 aromatic heterocycles. The van der Waals surface area contributed by atoms with Gasteiger partial charge in [-0.05, 0) is 29.8 Å². The van der Waals surface area contributed by atoms with Crippen LogP contribution in [0.2, 0.25) is 0 Å². The summed E-state index contributed by atoms with van der Waals surface area (Å²) in [6.07, 6.45) is 0. The number of phenolic OH excluding ortho intramolecular Hbond substituents is 1. The van der Waals surface area contributed by atoms with Crippen LogP contribution in [0, 0.1) is 0 Å². The first-order valence-electron chi connectivity index (χ1n) is 6.29. The number of alkyl halides is 2. The second kappa shape index (κ2) is 7.09. The number of ketones is 1. The molecule has 0 aliphatic rings. The number of Topliss-reactive ketones (excluding diaryl/α,β-unsaturated/α-hetero) is 1. The SMILES string of the molecule is COc1ccc([C@H](Br)[C@H](Br)C(=O)c2ccccc2O)cc1. The number of rotatable bonds is 5. The van der Waals surface area contributed by atoms with E-state index >= 15 is 0 Å². The molecule has 0 aliphatic carbocycles. The Balaban J connectivity index is 2.20. The lowest BCUT2D eigenvalue weighted by molar-refractivity contribution is 0.0988. The summed E-state index contributed by atoms with van der Waals surface area (Å²) in [5.74, 6) is 0.573. The molecule has 110 valence electrons. The summed E-state index contributed by atoms with van der Waals surface area (Å²) in [5, 5.41) is 9.78. The van der Waals surface area contributed by atoms with Crippen LogP contribution in [0.5, 0.6) is 11.5 Å². The van der Waals surface area contributed by atoms with Crippen molar-refractivity contribution in [3.63, 3.8) is 0 Å². The molecule has 0 aliphatic heterocycles. The largest absolute Gasteiger partial charge is 0.507 e. The van der Waals surface area contributed by atoms with E-state index in [0.717, 1.165) is 11.3 Å². The monoisotopic (exact) mass is 412 g/mol. The molecule has 0 unspecified atom stereocenters. The molecule has 0 amide bonds. The van der Waals surface area contributed by atoms with Crippen LogP contribution in [0.25, 0.3) is 0 Å². The first-order chi connectivity index (χ1) is 10.0. The zero-order valence-electron chi connectivity index (χ0n) is 11.3. The Labute approximate surface area is 140 Å². The summed E-state index contributed by atoms with van der Waals surface area (Å²) < 4.78 is 5.11. The molecule has 0 saturated carbocycles. The highest BCUT2D eigenvalue weighted by Crippen LogP contribution is 2.35. The fourth-order valence-corrected chi connectivity index (χ4v) is 3.02. The van der Waals surface area contributed by atoms with Gasteiger partial charge in [0, 0.05) is 0 Å². The maximum Gasteiger partial charge on any atom is 0.181 e. The van der Waals surface area contributed by atoms with Crippen molar-refractivity contribution < 1.29 is 14.6 Å². The second-order valence-corrected chi connectivity index (χ2v) is 6.43. The van der Waals surface area contributed by atoms with Crippen LogP contribution >= 0.6 is 31.9 Å². The number of hydrogen-bond donors (Lipinski definition) is 1. The molecule has 0 spiro atoms. The molecular weight excluding hydrogens is 400 g/mol. The summed E-state index contributed by atoms with van der Waals surface area (Å²) in [6, 6.07) is 14.0. The first kappa shape index (κ1) is 16.0. The minimum Gasteiger partial charge on any atom is -0.507 e. The summed E-state index contributed by atoms with van der Waals surface area (Å²) in [7, 11) is 1.61. The predicted octanol–water partition coefficient (Wildman–Crippen LogP) is 4.48.